The highest BCUT2D eigenvalue weighted by molar-refractivity contribution is 7.58. The molecule has 0 aromatic heterocycles. The molecule has 2 aromatic carbocycles. The summed E-state index contributed by atoms with van der Waals surface area (Å²) in [6.45, 7) is 11.3. The standard InChI is InChI=1S/C21H31O3PSi/c1-6-23-25(22,24-7-2)18-26(21(3,4)5,19-14-10-8-11-15-19)20-16-12-9-13-17-20/h8-17H,6-7,18H2,1-5H3. The van der Waals surface area contributed by atoms with Crippen LogP contribution in [0.3, 0.4) is 0 Å². The Morgan fingerprint density at radius 3 is 1.50 bits per heavy atom. The Hall–Kier alpha value is -1.19. The first-order chi connectivity index (χ1) is 12.3. The molecule has 26 heavy (non-hydrogen) atoms. The molecule has 0 aliphatic carbocycles. The third-order valence-corrected chi connectivity index (χ3v) is 14.8. The fourth-order valence-electron chi connectivity index (χ4n) is 3.71. The van der Waals surface area contributed by atoms with Crippen molar-refractivity contribution in [1.29, 1.82) is 0 Å². The van der Waals surface area contributed by atoms with Gasteiger partial charge in [-0.2, -0.15) is 0 Å². The van der Waals surface area contributed by atoms with Gasteiger partial charge in [0.2, 0.25) is 0 Å². The molecule has 0 aliphatic heterocycles. The van der Waals surface area contributed by atoms with Gasteiger partial charge >= 0.3 is 7.60 Å². The molecule has 0 aliphatic rings. The molecule has 0 bridgehead atoms. The van der Waals surface area contributed by atoms with Crippen LogP contribution in [0, 0.1) is 0 Å². The van der Waals surface area contributed by atoms with Crippen LogP contribution in [0.4, 0.5) is 0 Å². The summed E-state index contributed by atoms with van der Waals surface area (Å²) in [6, 6.07) is 21.0. The summed E-state index contributed by atoms with van der Waals surface area (Å²) in [5.74, 6) is 0.444. The fraction of sp³-hybridized carbons (Fsp3) is 0.429. The molecular formula is C21H31O3PSi. The largest absolute Gasteiger partial charge is 0.328 e. The van der Waals surface area contributed by atoms with Gasteiger partial charge in [0.05, 0.1) is 19.0 Å². The van der Waals surface area contributed by atoms with Crippen LogP contribution >= 0.6 is 7.60 Å². The van der Waals surface area contributed by atoms with E-state index in [1.165, 1.54) is 10.4 Å². The van der Waals surface area contributed by atoms with Crippen LogP contribution in [0.2, 0.25) is 5.04 Å². The topological polar surface area (TPSA) is 35.5 Å². The Labute approximate surface area is 159 Å². The molecule has 0 saturated carbocycles. The molecule has 0 radical (unpaired) electrons. The molecule has 0 N–H and O–H groups in total. The Morgan fingerprint density at radius 2 is 1.19 bits per heavy atom. The quantitative estimate of drug-likeness (QED) is 0.477. The first kappa shape index (κ1) is 21.1. The summed E-state index contributed by atoms with van der Waals surface area (Å²) < 4.78 is 25.1. The number of hydrogen-bond acceptors (Lipinski definition) is 3. The van der Waals surface area contributed by atoms with Gasteiger partial charge < -0.3 is 9.05 Å². The molecule has 2 rings (SSSR count). The SMILES string of the molecule is CCOP(=O)(C[Si](c1ccccc1)(c1ccccc1)C(C)(C)C)OCC. The molecule has 2 aromatic rings. The minimum Gasteiger partial charge on any atom is -0.309 e. The van der Waals surface area contributed by atoms with Crippen LogP contribution in [0.15, 0.2) is 60.7 Å². The van der Waals surface area contributed by atoms with E-state index in [9.17, 15) is 4.57 Å². The Balaban J connectivity index is 2.74. The zero-order valence-electron chi connectivity index (χ0n) is 16.6. The van der Waals surface area contributed by atoms with Crippen molar-refractivity contribution in [3.63, 3.8) is 0 Å². The van der Waals surface area contributed by atoms with E-state index in [0.717, 1.165) is 0 Å². The van der Waals surface area contributed by atoms with Gasteiger partial charge in [-0.3, -0.25) is 4.57 Å². The van der Waals surface area contributed by atoms with Gasteiger partial charge in [0.25, 0.3) is 0 Å². The van der Waals surface area contributed by atoms with Gasteiger partial charge in [0.1, 0.15) is 8.07 Å². The van der Waals surface area contributed by atoms with E-state index in [-0.39, 0.29) is 5.04 Å². The maximum absolute atomic E-state index is 13.6. The highest BCUT2D eigenvalue weighted by Crippen LogP contribution is 2.53. The molecule has 0 saturated heterocycles. The number of hydrogen-bond donors (Lipinski definition) is 0. The molecule has 0 heterocycles. The van der Waals surface area contributed by atoms with E-state index >= 15 is 0 Å². The van der Waals surface area contributed by atoms with Gasteiger partial charge in [0.15, 0.2) is 0 Å². The van der Waals surface area contributed by atoms with E-state index < -0.39 is 15.7 Å². The second-order valence-corrected chi connectivity index (χ2v) is 15.0. The maximum atomic E-state index is 13.6. The predicted octanol–water partition coefficient (Wildman–Crippen LogP) is 4.86. The normalized spacial score (nSPS) is 13.0. The van der Waals surface area contributed by atoms with E-state index in [2.05, 4.69) is 69.3 Å². The summed E-state index contributed by atoms with van der Waals surface area (Å²) in [5.41, 5.74) is 0. The van der Waals surface area contributed by atoms with Crippen LogP contribution in [0.5, 0.6) is 0 Å². The summed E-state index contributed by atoms with van der Waals surface area (Å²) in [6.07, 6.45) is 0. The smallest absolute Gasteiger partial charge is 0.309 e. The van der Waals surface area contributed by atoms with Crippen molar-refractivity contribution in [1.82, 2.24) is 0 Å². The molecule has 0 unspecified atom stereocenters. The predicted molar refractivity (Wildman–Crippen MR) is 113 cm³/mol. The molecule has 0 amide bonds. The van der Waals surface area contributed by atoms with Gasteiger partial charge in [0, 0.05) is 0 Å². The fourth-order valence-corrected chi connectivity index (χ4v) is 14.6. The third kappa shape index (κ3) is 4.37. The Morgan fingerprint density at radius 1 is 0.808 bits per heavy atom. The van der Waals surface area contributed by atoms with Crippen LogP contribution in [0.1, 0.15) is 34.6 Å². The van der Waals surface area contributed by atoms with Crippen molar-refractivity contribution in [2.24, 2.45) is 0 Å². The summed E-state index contributed by atoms with van der Waals surface area (Å²) in [4.78, 5) is 0. The zero-order chi connectivity index (χ0) is 19.3. The summed E-state index contributed by atoms with van der Waals surface area (Å²) in [7, 11) is -5.68. The first-order valence-electron chi connectivity index (χ1n) is 9.28. The maximum Gasteiger partial charge on any atom is 0.328 e. The molecular weight excluding hydrogens is 359 g/mol. The van der Waals surface area contributed by atoms with Gasteiger partial charge in [-0.25, -0.2) is 0 Å². The highest BCUT2D eigenvalue weighted by atomic mass is 31.2. The minimum atomic E-state index is -3.21. The second-order valence-electron chi connectivity index (χ2n) is 7.49. The lowest BCUT2D eigenvalue weighted by molar-refractivity contribution is 0.223. The monoisotopic (exact) mass is 390 g/mol. The number of benzene rings is 2. The van der Waals surface area contributed by atoms with Crippen LogP contribution in [0.25, 0.3) is 0 Å². The highest BCUT2D eigenvalue weighted by Gasteiger charge is 2.52. The van der Waals surface area contributed by atoms with E-state index in [1.807, 2.05) is 26.0 Å². The minimum absolute atomic E-state index is 0.0699. The summed E-state index contributed by atoms with van der Waals surface area (Å²) >= 11 is 0. The molecule has 0 spiro atoms. The lowest BCUT2D eigenvalue weighted by Crippen LogP contribution is -2.67. The zero-order valence-corrected chi connectivity index (χ0v) is 18.5. The average Bonchev–Trinajstić information content (AvgIpc) is 2.60. The van der Waals surface area contributed by atoms with Gasteiger partial charge in [-0.1, -0.05) is 91.8 Å². The van der Waals surface area contributed by atoms with Crippen molar-refractivity contribution < 1.29 is 13.6 Å². The lowest BCUT2D eigenvalue weighted by Gasteiger charge is -2.45. The van der Waals surface area contributed by atoms with Crippen molar-refractivity contribution in [2.75, 3.05) is 19.0 Å². The van der Waals surface area contributed by atoms with Crippen molar-refractivity contribution in [3.05, 3.63) is 60.7 Å². The molecule has 142 valence electrons. The molecule has 0 fully saturated rings. The first-order valence-corrected chi connectivity index (χ1v) is 13.2. The van der Waals surface area contributed by atoms with Crippen LogP contribution in [-0.4, -0.2) is 27.1 Å². The van der Waals surface area contributed by atoms with Crippen LogP contribution in [-0.2, 0) is 13.6 Å². The van der Waals surface area contributed by atoms with Gasteiger partial charge in [-0.05, 0) is 18.9 Å². The van der Waals surface area contributed by atoms with Crippen molar-refractivity contribution in [2.45, 2.75) is 39.7 Å². The van der Waals surface area contributed by atoms with E-state index in [0.29, 0.717) is 19.0 Å². The van der Waals surface area contributed by atoms with E-state index in [4.69, 9.17) is 9.05 Å². The number of rotatable bonds is 8. The second kappa shape index (κ2) is 8.66. The lowest BCUT2D eigenvalue weighted by atomic mass is 10.2. The van der Waals surface area contributed by atoms with Gasteiger partial charge in [-0.15, -0.1) is 0 Å². The Kier molecular flexibility index (Phi) is 7.03. The van der Waals surface area contributed by atoms with Crippen molar-refractivity contribution >= 4 is 26.0 Å². The van der Waals surface area contributed by atoms with Crippen molar-refractivity contribution in [3.8, 4) is 0 Å². The average molecular weight is 391 g/mol. The van der Waals surface area contributed by atoms with Crippen LogP contribution < -0.4 is 10.4 Å². The Bertz CT molecular complexity index is 676. The third-order valence-electron chi connectivity index (χ3n) is 4.90. The molecule has 5 heteroatoms. The summed E-state index contributed by atoms with van der Waals surface area (Å²) in [5, 5.41) is 2.45. The van der Waals surface area contributed by atoms with E-state index in [1.54, 1.807) is 0 Å². The molecule has 3 nitrogen and oxygen atoms in total. The molecule has 0 atom stereocenters.